The summed E-state index contributed by atoms with van der Waals surface area (Å²) in [7, 11) is 2.05. The molecule has 0 spiro atoms. The van der Waals surface area contributed by atoms with Gasteiger partial charge in [0, 0.05) is 24.0 Å². The fourth-order valence-electron chi connectivity index (χ4n) is 3.36. The number of anilines is 1. The van der Waals surface area contributed by atoms with E-state index in [1.54, 1.807) is 13.0 Å². The quantitative estimate of drug-likeness (QED) is 0.552. The van der Waals surface area contributed by atoms with Crippen LogP contribution in [0.4, 0.5) is 5.00 Å². The first kappa shape index (κ1) is 21.3. The Balaban J connectivity index is 1.78. The summed E-state index contributed by atoms with van der Waals surface area (Å²) in [5.74, 6) is -0.143. The van der Waals surface area contributed by atoms with Crippen LogP contribution < -0.4 is 5.32 Å². The van der Waals surface area contributed by atoms with Crippen molar-refractivity contribution in [2.45, 2.75) is 39.7 Å². The zero-order valence-corrected chi connectivity index (χ0v) is 18.3. The molecule has 1 amide bonds. The molecule has 29 heavy (non-hydrogen) atoms. The van der Waals surface area contributed by atoms with Gasteiger partial charge in [-0.2, -0.15) is 0 Å². The summed E-state index contributed by atoms with van der Waals surface area (Å²) in [6, 6.07) is 8.15. The molecule has 2 heterocycles. The van der Waals surface area contributed by atoms with Gasteiger partial charge in [-0.1, -0.05) is 38.1 Å². The fraction of sp³-hybridized carbons (Fsp3) is 0.391. The molecule has 0 unspecified atom stereocenters. The number of amides is 1. The van der Waals surface area contributed by atoms with E-state index in [1.165, 1.54) is 23.0 Å². The number of fused-ring (bicyclic) bond motifs is 1. The molecule has 3 rings (SSSR count). The van der Waals surface area contributed by atoms with Crippen molar-refractivity contribution in [2.24, 2.45) is 0 Å². The van der Waals surface area contributed by atoms with E-state index < -0.39 is 0 Å². The lowest BCUT2D eigenvalue weighted by Gasteiger charge is -2.22. The summed E-state index contributed by atoms with van der Waals surface area (Å²) >= 11 is 1.47. The van der Waals surface area contributed by atoms with Crippen molar-refractivity contribution in [1.29, 1.82) is 0 Å². The second-order valence-corrected chi connectivity index (χ2v) is 8.67. The average Bonchev–Trinajstić information content (AvgIpc) is 3.03. The fourth-order valence-corrected chi connectivity index (χ4v) is 4.67. The Labute approximate surface area is 176 Å². The predicted molar refractivity (Wildman–Crippen MR) is 119 cm³/mol. The van der Waals surface area contributed by atoms with Crippen LogP contribution >= 0.6 is 11.3 Å². The molecule has 0 saturated carbocycles. The highest BCUT2D eigenvalue weighted by molar-refractivity contribution is 7.17. The normalized spacial score (nSPS) is 14.2. The molecule has 0 atom stereocenters. The van der Waals surface area contributed by atoms with Gasteiger partial charge in [-0.3, -0.25) is 4.79 Å². The number of carbonyl (C=O) groups is 2. The number of ether oxygens (including phenoxy) is 1. The van der Waals surface area contributed by atoms with Gasteiger partial charge in [0.2, 0.25) is 5.91 Å². The summed E-state index contributed by atoms with van der Waals surface area (Å²) in [4.78, 5) is 28.4. The van der Waals surface area contributed by atoms with Crippen LogP contribution in [0.1, 0.15) is 58.6 Å². The molecule has 2 aromatic rings. The number of likely N-dealkylation sites (N-methyl/N-ethyl adjacent to an activating group) is 1. The molecule has 0 bridgehead atoms. The van der Waals surface area contributed by atoms with Crippen LogP contribution in [0.2, 0.25) is 0 Å². The van der Waals surface area contributed by atoms with Crippen molar-refractivity contribution >= 4 is 34.3 Å². The molecule has 0 aliphatic carbocycles. The first-order chi connectivity index (χ1) is 13.9. The molecule has 0 fully saturated rings. The Morgan fingerprint density at radius 3 is 2.66 bits per heavy atom. The second kappa shape index (κ2) is 9.37. The molecule has 0 saturated heterocycles. The number of nitrogens with one attached hydrogen (secondary N) is 1. The molecule has 0 radical (unpaired) electrons. The number of thiophene rings is 1. The minimum atomic E-state index is -0.363. The third-order valence-electron chi connectivity index (χ3n) is 4.99. The predicted octanol–water partition coefficient (Wildman–Crippen LogP) is 4.69. The maximum absolute atomic E-state index is 12.5. The molecular weight excluding hydrogens is 384 g/mol. The number of benzene rings is 1. The van der Waals surface area contributed by atoms with Crippen molar-refractivity contribution in [3.05, 3.63) is 57.5 Å². The van der Waals surface area contributed by atoms with Gasteiger partial charge in [-0.25, -0.2) is 4.79 Å². The van der Waals surface area contributed by atoms with Crippen LogP contribution in [0.5, 0.6) is 0 Å². The van der Waals surface area contributed by atoms with Gasteiger partial charge in [-0.15, -0.1) is 11.3 Å². The smallest absolute Gasteiger partial charge is 0.341 e. The summed E-state index contributed by atoms with van der Waals surface area (Å²) in [5, 5.41) is 3.47. The maximum Gasteiger partial charge on any atom is 0.341 e. The second-order valence-electron chi connectivity index (χ2n) is 7.56. The molecule has 1 N–H and O–H groups in total. The van der Waals surface area contributed by atoms with E-state index in [1.807, 2.05) is 12.1 Å². The lowest BCUT2D eigenvalue weighted by molar-refractivity contribution is -0.111. The summed E-state index contributed by atoms with van der Waals surface area (Å²) < 4.78 is 5.25. The molecule has 1 aromatic carbocycles. The first-order valence-electron chi connectivity index (χ1n) is 9.98. The molecule has 1 aliphatic rings. The number of nitrogens with zero attached hydrogens (tertiary/aromatic N) is 1. The van der Waals surface area contributed by atoms with E-state index in [0.29, 0.717) is 23.1 Å². The van der Waals surface area contributed by atoms with Crippen molar-refractivity contribution in [1.82, 2.24) is 4.90 Å². The van der Waals surface area contributed by atoms with Crippen molar-refractivity contribution in [3.63, 3.8) is 0 Å². The van der Waals surface area contributed by atoms with Gasteiger partial charge in [-0.05, 0) is 49.1 Å². The molecular formula is C23H28N2O3S. The topological polar surface area (TPSA) is 58.6 Å². The number of rotatable bonds is 6. The molecule has 154 valence electrons. The Kier molecular flexibility index (Phi) is 6.87. The van der Waals surface area contributed by atoms with Gasteiger partial charge in [0.15, 0.2) is 0 Å². The van der Waals surface area contributed by atoms with E-state index in [4.69, 9.17) is 4.74 Å². The van der Waals surface area contributed by atoms with E-state index >= 15 is 0 Å². The zero-order chi connectivity index (χ0) is 21.0. The number of carbonyl (C=O) groups excluding carboxylic acids is 2. The lowest BCUT2D eigenvalue weighted by Crippen LogP contribution is -2.26. The molecule has 1 aromatic heterocycles. The van der Waals surface area contributed by atoms with E-state index in [0.717, 1.165) is 35.5 Å². The Hall–Kier alpha value is -2.44. The van der Waals surface area contributed by atoms with E-state index in [2.05, 4.69) is 43.2 Å². The van der Waals surface area contributed by atoms with Crippen molar-refractivity contribution in [3.8, 4) is 0 Å². The number of esters is 1. The van der Waals surface area contributed by atoms with Crippen LogP contribution in [0.3, 0.4) is 0 Å². The van der Waals surface area contributed by atoms with Gasteiger partial charge in [0.05, 0.1) is 12.2 Å². The summed E-state index contributed by atoms with van der Waals surface area (Å²) in [6.07, 6.45) is 4.07. The third kappa shape index (κ3) is 5.14. The number of hydrogen-bond acceptors (Lipinski definition) is 5. The number of hydrogen-bond donors (Lipinski definition) is 1. The standard InChI is InChI=1S/C23H28N2O3S/c1-5-28-23(27)21-18-12-13-25(4)14-19(18)29-22(21)24-20(26)11-8-16-6-9-17(10-7-16)15(2)3/h6-11,15H,5,12-14H2,1-4H3,(H,24,26)/b11-8+. The highest BCUT2D eigenvalue weighted by Crippen LogP contribution is 2.37. The van der Waals surface area contributed by atoms with Crippen LogP contribution in [-0.4, -0.2) is 37.0 Å². The van der Waals surface area contributed by atoms with Crippen LogP contribution in [-0.2, 0) is 22.5 Å². The first-order valence-corrected chi connectivity index (χ1v) is 10.8. The zero-order valence-electron chi connectivity index (χ0n) is 17.5. The van der Waals surface area contributed by atoms with E-state index in [-0.39, 0.29) is 11.9 Å². The Morgan fingerprint density at radius 1 is 1.28 bits per heavy atom. The van der Waals surface area contributed by atoms with Crippen LogP contribution in [0, 0.1) is 0 Å². The molecule has 5 nitrogen and oxygen atoms in total. The van der Waals surface area contributed by atoms with E-state index in [9.17, 15) is 9.59 Å². The van der Waals surface area contributed by atoms with Gasteiger partial charge in [0.25, 0.3) is 0 Å². The largest absolute Gasteiger partial charge is 0.462 e. The van der Waals surface area contributed by atoms with Gasteiger partial charge in [0.1, 0.15) is 5.00 Å². The third-order valence-corrected chi connectivity index (χ3v) is 6.13. The highest BCUT2D eigenvalue weighted by atomic mass is 32.1. The minimum absolute atomic E-state index is 0.254. The molecule has 6 heteroatoms. The molecule has 1 aliphatic heterocycles. The SMILES string of the molecule is CCOC(=O)c1c(NC(=O)/C=C/c2ccc(C(C)C)cc2)sc2c1CCN(C)C2. The Morgan fingerprint density at radius 2 is 2.00 bits per heavy atom. The minimum Gasteiger partial charge on any atom is -0.462 e. The Bertz CT molecular complexity index is 913. The van der Waals surface area contributed by atoms with Crippen LogP contribution in [0.25, 0.3) is 6.08 Å². The van der Waals surface area contributed by atoms with Gasteiger partial charge < -0.3 is 15.0 Å². The van der Waals surface area contributed by atoms with Gasteiger partial charge >= 0.3 is 5.97 Å². The summed E-state index contributed by atoms with van der Waals surface area (Å²) in [5.41, 5.74) is 3.75. The van der Waals surface area contributed by atoms with Crippen LogP contribution in [0.15, 0.2) is 30.3 Å². The van der Waals surface area contributed by atoms with Crippen molar-refractivity contribution < 1.29 is 14.3 Å². The lowest BCUT2D eigenvalue weighted by atomic mass is 10.0. The highest BCUT2D eigenvalue weighted by Gasteiger charge is 2.28. The summed E-state index contributed by atoms with van der Waals surface area (Å²) in [6.45, 7) is 8.06. The average molecular weight is 413 g/mol. The maximum atomic E-state index is 12.5. The monoisotopic (exact) mass is 412 g/mol. The van der Waals surface area contributed by atoms with Crippen molar-refractivity contribution in [2.75, 3.05) is 25.5 Å².